The van der Waals surface area contributed by atoms with Gasteiger partial charge in [-0.2, -0.15) is 0 Å². The Labute approximate surface area is 169 Å². The Kier molecular flexibility index (Phi) is 5.02. The molecule has 0 unspecified atom stereocenters. The summed E-state index contributed by atoms with van der Waals surface area (Å²) in [5.74, 6) is 0.692. The van der Waals surface area contributed by atoms with E-state index >= 15 is 0 Å². The molecule has 28 heavy (non-hydrogen) atoms. The van der Waals surface area contributed by atoms with Crippen LogP contribution in [0.3, 0.4) is 0 Å². The van der Waals surface area contributed by atoms with Gasteiger partial charge in [0.1, 0.15) is 4.83 Å². The van der Waals surface area contributed by atoms with Gasteiger partial charge in [-0.15, -0.1) is 11.3 Å². The van der Waals surface area contributed by atoms with Gasteiger partial charge in [-0.3, -0.25) is 9.78 Å². The van der Waals surface area contributed by atoms with Crippen LogP contribution in [0.1, 0.15) is 37.6 Å². The Hall–Kier alpha value is -2.18. The summed E-state index contributed by atoms with van der Waals surface area (Å²) >= 11 is 1.61. The van der Waals surface area contributed by atoms with E-state index < -0.39 is 0 Å². The lowest BCUT2D eigenvalue weighted by Crippen LogP contribution is -2.31. The second-order valence-corrected chi connectivity index (χ2v) is 9.72. The summed E-state index contributed by atoms with van der Waals surface area (Å²) < 4.78 is 0. The van der Waals surface area contributed by atoms with Crippen molar-refractivity contribution in [1.29, 1.82) is 0 Å². The fraction of sp³-hybridized carbons (Fsp3) is 0.455. The molecule has 148 valence electrons. The molecule has 0 atom stereocenters. The van der Waals surface area contributed by atoms with E-state index in [0.29, 0.717) is 11.3 Å². The standard InChI is InChI=1S/C22H28N4OS/c1-14-17(15-6-8-16(9-7-15)22(2,3)4)18-19(27)24-21(25-20(18)28-14)26-12-5-10-23-11-13-26/h6-9,23H,5,10-13H2,1-4H3,(H,24,25,27). The minimum atomic E-state index is -0.0449. The van der Waals surface area contributed by atoms with Crippen molar-refractivity contribution in [3.05, 3.63) is 45.1 Å². The van der Waals surface area contributed by atoms with Crippen LogP contribution in [-0.2, 0) is 5.41 Å². The minimum Gasteiger partial charge on any atom is -0.341 e. The van der Waals surface area contributed by atoms with E-state index in [0.717, 1.165) is 53.4 Å². The second kappa shape index (κ2) is 7.33. The average Bonchev–Trinajstić information content (AvgIpc) is 2.82. The Balaban J connectivity index is 1.78. The predicted octanol–water partition coefficient (Wildman–Crippen LogP) is 4.06. The molecule has 0 radical (unpaired) electrons. The third kappa shape index (κ3) is 3.59. The van der Waals surface area contributed by atoms with Crippen molar-refractivity contribution in [3.8, 4) is 11.1 Å². The highest BCUT2D eigenvalue weighted by molar-refractivity contribution is 7.19. The van der Waals surface area contributed by atoms with Gasteiger partial charge in [-0.05, 0) is 36.4 Å². The summed E-state index contributed by atoms with van der Waals surface area (Å²) in [6.45, 7) is 12.4. The molecule has 0 aliphatic carbocycles. The lowest BCUT2D eigenvalue weighted by molar-refractivity contribution is 0.590. The predicted molar refractivity (Wildman–Crippen MR) is 119 cm³/mol. The van der Waals surface area contributed by atoms with E-state index in [2.05, 4.69) is 67.2 Å². The van der Waals surface area contributed by atoms with Crippen LogP contribution in [-0.4, -0.2) is 36.1 Å². The number of aromatic nitrogens is 2. The van der Waals surface area contributed by atoms with Crippen molar-refractivity contribution in [2.45, 2.75) is 39.5 Å². The zero-order valence-corrected chi connectivity index (χ0v) is 17.9. The molecule has 3 aromatic rings. The largest absolute Gasteiger partial charge is 0.341 e. The van der Waals surface area contributed by atoms with Crippen LogP contribution in [0.4, 0.5) is 5.95 Å². The zero-order chi connectivity index (χ0) is 19.9. The van der Waals surface area contributed by atoms with Crippen molar-refractivity contribution in [3.63, 3.8) is 0 Å². The summed E-state index contributed by atoms with van der Waals surface area (Å²) in [6.07, 6.45) is 1.05. The fourth-order valence-corrected chi connectivity index (χ4v) is 4.84. The maximum Gasteiger partial charge on any atom is 0.261 e. The Bertz CT molecular complexity index is 1040. The molecule has 2 aromatic heterocycles. The van der Waals surface area contributed by atoms with Crippen molar-refractivity contribution in [1.82, 2.24) is 15.3 Å². The fourth-order valence-electron chi connectivity index (χ4n) is 3.80. The number of anilines is 1. The average molecular weight is 397 g/mol. The molecule has 1 fully saturated rings. The molecular formula is C22H28N4OS. The monoisotopic (exact) mass is 396 g/mol. The minimum absolute atomic E-state index is 0.0449. The van der Waals surface area contributed by atoms with Crippen molar-refractivity contribution in [2.24, 2.45) is 0 Å². The molecule has 6 heteroatoms. The maximum absolute atomic E-state index is 13.0. The number of nitrogens with zero attached hydrogens (tertiary/aromatic N) is 2. The number of H-pyrrole nitrogens is 1. The summed E-state index contributed by atoms with van der Waals surface area (Å²) in [5, 5.41) is 4.10. The maximum atomic E-state index is 13.0. The molecule has 0 amide bonds. The molecule has 1 saturated heterocycles. The van der Waals surface area contributed by atoms with Crippen LogP contribution >= 0.6 is 11.3 Å². The molecule has 0 bridgehead atoms. The van der Waals surface area contributed by atoms with Crippen molar-refractivity contribution in [2.75, 3.05) is 31.1 Å². The number of rotatable bonds is 2. The van der Waals surface area contributed by atoms with Gasteiger partial charge in [0.15, 0.2) is 0 Å². The van der Waals surface area contributed by atoms with Gasteiger partial charge in [0.05, 0.1) is 5.39 Å². The summed E-state index contributed by atoms with van der Waals surface area (Å²) in [6, 6.07) is 8.59. The van der Waals surface area contributed by atoms with E-state index in [1.165, 1.54) is 5.56 Å². The Morgan fingerprint density at radius 3 is 2.57 bits per heavy atom. The van der Waals surface area contributed by atoms with Crippen LogP contribution < -0.4 is 15.8 Å². The topological polar surface area (TPSA) is 61.0 Å². The number of fused-ring (bicyclic) bond motifs is 1. The molecule has 1 aliphatic heterocycles. The van der Waals surface area contributed by atoms with Crippen LogP contribution in [0.25, 0.3) is 21.3 Å². The normalized spacial score (nSPS) is 15.8. The highest BCUT2D eigenvalue weighted by atomic mass is 32.1. The molecule has 2 N–H and O–H groups in total. The van der Waals surface area contributed by atoms with Crippen LogP contribution in [0, 0.1) is 6.92 Å². The third-order valence-corrected chi connectivity index (χ3v) is 6.40. The van der Waals surface area contributed by atoms with Gasteiger partial charge < -0.3 is 10.2 Å². The van der Waals surface area contributed by atoms with Crippen molar-refractivity contribution < 1.29 is 0 Å². The molecule has 5 nitrogen and oxygen atoms in total. The van der Waals surface area contributed by atoms with Crippen molar-refractivity contribution >= 4 is 27.5 Å². The summed E-state index contributed by atoms with van der Waals surface area (Å²) in [7, 11) is 0. The quantitative estimate of drug-likeness (QED) is 0.686. The molecule has 3 heterocycles. The number of aryl methyl sites for hydroxylation is 1. The van der Waals surface area contributed by atoms with E-state index in [1.807, 2.05) is 0 Å². The first kappa shape index (κ1) is 19.2. The van der Waals surface area contributed by atoms with Crippen LogP contribution in [0.15, 0.2) is 29.1 Å². The molecular weight excluding hydrogens is 368 g/mol. The molecule has 1 aromatic carbocycles. The first-order valence-corrected chi connectivity index (χ1v) is 10.8. The van der Waals surface area contributed by atoms with Gasteiger partial charge in [-0.1, -0.05) is 45.0 Å². The lowest BCUT2D eigenvalue weighted by atomic mass is 9.86. The number of hydrogen-bond donors (Lipinski definition) is 2. The highest BCUT2D eigenvalue weighted by Crippen LogP contribution is 2.37. The van der Waals surface area contributed by atoms with Gasteiger partial charge in [0, 0.05) is 30.1 Å². The highest BCUT2D eigenvalue weighted by Gasteiger charge is 2.20. The number of aromatic amines is 1. The van der Waals surface area contributed by atoms with E-state index in [-0.39, 0.29) is 11.0 Å². The molecule has 0 spiro atoms. The summed E-state index contributed by atoms with van der Waals surface area (Å²) in [5.41, 5.74) is 3.45. The van der Waals surface area contributed by atoms with E-state index in [1.54, 1.807) is 11.3 Å². The smallest absolute Gasteiger partial charge is 0.261 e. The number of benzene rings is 1. The van der Waals surface area contributed by atoms with Gasteiger partial charge in [0.25, 0.3) is 5.56 Å². The molecule has 4 rings (SSSR count). The van der Waals surface area contributed by atoms with Crippen LogP contribution in [0.2, 0.25) is 0 Å². The third-order valence-electron chi connectivity index (χ3n) is 5.40. The van der Waals surface area contributed by atoms with Gasteiger partial charge >= 0.3 is 0 Å². The molecule has 1 aliphatic rings. The zero-order valence-electron chi connectivity index (χ0n) is 17.1. The lowest BCUT2D eigenvalue weighted by Gasteiger charge is -2.20. The van der Waals surface area contributed by atoms with Crippen LogP contribution in [0.5, 0.6) is 0 Å². The van der Waals surface area contributed by atoms with E-state index in [4.69, 9.17) is 4.98 Å². The second-order valence-electron chi connectivity index (χ2n) is 8.52. The van der Waals surface area contributed by atoms with Gasteiger partial charge in [0.2, 0.25) is 5.95 Å². The summed E-state index contributed by atoms with van der Waals surface area (Å²) in [4.78, 5) is 25.0. The van der Waals surface area contributed by atoms with Gasteiger partial charge in [-0.25, -0.2) is 4.98 Å². The first-order chi connectivity index (χ1) is 13.3. The SMILES string of the molecule is Cc1sc2nc(N3CCCNCC3)[nH]c(=O)c2c1-c1ccc(C(C)(C)C)cc1. The number of nitrogens with one attached hydrogen (secondary N) is 2. The Morgan fingerprint density at radius 2 is 1.86 bits per heavy atom. The first-order valence-electron chi connectivity index (χ1n) is 9.94. The number of hydrogen-bond acceptors (Lipinski definition) is 5. The Morgan fingerprint density at radius 1 is 1.11 bits per heavy atom. The van der Waals surface area contributed by atoms with E-state index in [9.17, 15) is 4.79 Å². The number of thiophene rings is 1. The molecule has 0 saturated carbocycles.